The number of morpholine rings is 1. The molecular formula is C18H29N5O3. The fourth-order valence-electron chi connectivity index (χ4n) is 3.77. The van der Waals surface area contributed by atoms with Gasteiger partial charge >= 0.3 is 5.69 Å². The minimum Gasteiger partial charge on any atom is -0.373 e. The van der Waals surface area contributed by atoms with Crippen LogP contribution in [0.2, 0.25) is 0 Å². The molecule has 0 amide bonds. The van der Waals surface area contributed by atoms with E-state index in [0.29, 0.717) is 17.7 Å². The number of hydrogen-bond acceptors (Lipinski definition) is 5. The van der Waals surface area contributed by atoms with E-state index >= 15 is 0 Å². The summed E-state index contributed by atoms with van der Waals surface area (Å²) in [5.41, 5.74) is 0.162. The molecule has 8 nitrogen and oxygen atoms in total. The average molecular weight is 363 g/mol. The van der Waals surface area contributed by atoms with E-state index in [0.717, 1.165) is 44.7 Å². The van der Waals surface area contributed by atoms with Crippen molar-refractivity contribution >= 4 is 11.2 Å². The summed E-state index contributed by atoms with van der Waals surface area (Å²) in [4.78, 5) is 33.8. The standard InChI is InChI=1S/C18H29N5O3/c1-5-6-7-8-23-14(11-22-9-12(2)26-13(3)10-22)19-16-15(23)17(24)20-18(25)21(16)4/h12-13H,5-11H2,1-4H3,(H,20,24,25)/t12-,13+. The number of nitrogens with zero attached hydrogens (tertiary/aromatic N) is 4. The molecule has 0 aromatic carbocycles. The zero-order valence-electron chi connectivity index (χ0n) is 16.1. The largest absolute Gasteiger partial charge is 0.373 e. The van der Waals surface area contributed by atoms with Crippen LogP contribution in [0.25, 0.3) is 11.2 Å². The molecular weight excluding hydrogens is 334 g/mol. The first-order valence-corrected chi connectivity index (χ1v) is 9.47. The second kappa shape index (κ2) is 7.75. The number of ether oxygens (including phenoxy) is 1. The molecule has 0 radical (unpaired) electrons. The Balaban J connectivity index is 2.01. The van der Waals surface area contributed by atoms with Gasteiger partial charge in [0.25, 0.3) is 5.56 Å². The summed E-state index contributed by atoms with van der Waals surface area (Å²) in [5, 5.41) is 0. The highest BCUT2D eigenvalue weighted by molar-refractivity contribution is 5.70. The highest BCUT2D eigenvalue weighted by Gasteiger charge is 2.25. The van der Waals surface area contributed by atoms with Gasteiger partial charge in [-0.15, -0.1) is 0 Å². The predicted molar refractivity (Wildman–Crippen MR) is 100 cm³/mol. The number of unbranched alkanes of at least 4 members (excludes halogenated alkanes) is 2. The first-order valence-electron chi connectivity index (χ1n) is 9.47. The minimum atomic E-state index is -0.430. The second-order valence-corrected chi connectivity index (χ2v) is 7.33. The Hall–Kier alpha value is -1.93. The Morgan fingerprint density at radius 1 is 1.19 bits per heavy atom. The Labute approximate surface area is 152 Å². The van der Waals surface area contributed by atoms with Crippen LogP contribution in [-0.2, 0) is 24.9 Å². The van der Waals surface area contributed by atoms with Gasteiger partial charge in [0.15, 0.2) is 11.2 Å². The van der Waals surface area contributed by atoms with Gasteiger partial charge in [0.05, 0.1) is 18.8 Å². The zero-order chi connectivity index (χ0) is 18.8. The van der Waals surface area contributed by atoms with E-state index in [2.05, 4.69) is 35.6 Å². The van der Waals surface area contributed by atoms with Gasteiger partial charge in [-0.05, 0) is 20.3 Å². The monoisotopic (exact) mass is 363 g/mol. The molecule has 0 bridgehead atoms. The van der Waals surface area contributed by atoms with Crippen molar-refractivity contribution in [2.45, 2.75) is 65.3 Å². The number of aromatic amines is 1. The number of hydrogen-bond donors (Lipinski definition) is 1. The maximum Gasteiger partial charge on any atom is 0.329 e. The van der Waals surface area contributed by atoms with Crippen molar-refractivity contribution in [3.05, 3.63) is 26.7 Å². The summed E-state index contributed by atoms with van der Waals surface area (Å²) in [6, 6.07) is 0. The van der Waals surface area contributed by atoms with Crippen LogP contribution in [0, 0.1) is 0 Å². The van der Waals surface area contributed by atoms with Crippen LogP contribution in [-0.4, -0.2) is 49.3 Å². The van der Waals surface area contributed by atoms with Crippen LogP contribution in [0.1, 0.15) is 45.9 Å². The Bertz CT molecular complexity index is 871. The van der Waals surface area contributed by atoms with Crippen molar-refractivity contribution in [1.82, 2.24) is 24.0 Å². The number of rotatable bonds is 6. The molecule has 0 aliphatic carbocycles. The first-order chi connectivity index (χ1) is 12.4. The number of aryl methyl sites for hydroxylation is 2. The van der Waals surface area contributed by atoms with E-state index in [4.69, 9.17) is 4.74 Å². The van der Waals surface area contributed by atoms with Crippen LogP contribution in [0.4, 0.5) is 0 Å². The number of H-pyrrole nitrogens is 1. The van der Waals surface area contributed by atoms with Crippen LogP contribution in [0.3, 0.4) is 0 Å². The fourth-order valence-corrected chi connectivity index (χ4v) is 3.77. The van der Waals surface area contributed by atoms with Crippen LogP contribution in [0.5, 0.6) is 0 Å². The lowest BCUT2D eigenvalue weighted by atomic mass is 10.2. The average Bonchev–Trinajstić information content (AvgIpc) is 2.91. The van der Waals surface area contributed by atoms with Gasteiger partial charge < -0.3 is 9.30 Å². The van der Waals surface area contributed by atoms with Crippen molar-refractivity contribution < 1.29 is 4.74 Å². The van der Waals surface area contributed by atoms with Crippen LogP contribution in [0.15, 0.2) is 9.59 Å². The second-order valence-electron chi connectivity index (χ2n) is 7.33. The summed E-state index contributed by atoms with van der Waals surface area (Å²) < 4.78 is 9.22. The summed E-state index contributed by atoms with van der Waals surface area (Å²) >= 11 is 0. The Morgan fingerprint density at radius 2 is 1.88 bits per heavy atom. The summed E-state index contributed by atoms with van der Waals surface area (Å²) in [5.74, 6) is 0.837. The molecule has 8 heteroatoms. The van der Waals surface area contributed by atoms with Crippen molar-refractivity contribution in [2.24, 2.45) is 7.05 Å². The highest BCUT2D eigenvalue weighted by atomic mass is 16.5. The molecule has 1 aliphatic rings. The number of aromatic nitrogens is 4. The SMILES string of the molecule is CCCCCn1c(CN2C[C@@H](C)O[C@@H](C)C2)nc2c1c(=O)[nH]c(=O)n2C. The Kier molecular flexibility index (Phi) is 5.62. The third kappa shape index (κ3) is 3.76. The van der Waals surface area contributed by atoms with Crippen LogP contribution >= 0.6 is 0 Å². The third-order valence-corrected chi connectivity index (χ3v) is 4.93. The lowest BCUT2D eigenvalue weighted by molar-refractivity contribution is -0.0712. The van der Waals surface area contributed by atoms with Crippen molar-refractivity contribution in [3.8, 4) is 0 Å². The topological polar surface area (TPSA) is 85.2 Å². The number of imidazole rings is 1. The maximum absolute atomic E-state index is 12.5. The molecule has 2 aromatic heterocycles. The molecule has 1 saturated heterocycles. The van der Waals surface area contributed by atoms with Gasteiger partial charge in [0, 0.05) is 26.7 Å². The van der Waals surface area contributed by atoms with Gasteiger partial charge in [0.2, 0.25) is 0 Å². The molecule has 144 valence electrons. The van der Waals surface area contributed by atoms with E-state index in [-0.39, 0.29) is 17.8 Å². The fraction of sp³-hybridized carbons (Fsp3) is 0.722. The van der Waals surface area contributed by atoms with Gasteiger partial charge in [0.1, 0.15) is 5.82 Å². The van der Waals surface area contributed by atoms with E-state index in [9.17, 15) is 9.59 Å². The maximum atomic E-state index is 12.5. The lowest BCUT2D eigenvalue weighted by Gasteiger charge is -2.35. The molecule has 2 atom stereocenters. The molecule has 3 rings (SSSR count). The normalized spacial score (nSPS) is 21.5. The molecule has 1 fully saturated rings. The van der Waals surface area contributed by atoms with Crippen molar-refractivity contribution in [1.29, 1.82) is 0 Å². The molecule has 0 saturated carbocycles. The Morgan fingerprint density at radius 3 is 2.54 bits per heavy atom. The zero-order valence-corrected chi connectivity index (χ0v) is 16.1. The van der Waals surface area contributed by atoms with Crippen molar-refractivity contribution in [3.63, 3.8) is 0 Å². The predicted octanol–water partition coefficient (Wildman–Crippen LogP) is 1.22. The van der Waals surface area contributed by atoms with E-state index < -0.39 is 5.69 Å². The summed E-state index contributed by atoms with van der Waals surface area (Å²) in [6.07, 6.45) is 3.52. The number of fused-ring (bicyclic) bond motifs is 1. The van der Waals surface area contributed by atoms with Gasteiger partial charge in [-0.25, -0.2) is 9.78 Å². The number of nitrogens with one attached hydrogen (secondary N) is 1. The summed E-state index contributed by atoms with van der Waals surface area (Å²) in [7, 11) is 1.65. The molecule has 1 aliphatic heterocycles. The molecule has 0 spiro atoms. The molecule has 1 N–H and O–H groups in total. The van der Waals surface area contributed by atoms with Crippen LogP contribution < -0.4 is 11.2 Å². The van der Waals surface area contributed by atoms with Gasteiger partial charge in [-0.1, -0.05) is 19.8 Å². The third-order valence-electron chi connectivity index (χ3n) is 4.93. The molecule has 2 aromatic rings. The van der Waals surface area contributed by atoms with Crippen molar-refractivity contribution in [2.75, 3.05) is 13.1 Å². The summed E-state index contributed by atoms with van der Waals surface area (Å²) in [6.45, 7) is 9.33. The quantitative estimate of drug-likeness (QED) is 0.780. The van der Waals surface area contributed by atoms with Gasteiger partial charge in [-0.3, -0.25) is 19.2 Å². The van der Waals surface area contributed by atoms with E-state index in [1.807, 2.05) is 4.57 Å². The molecule has 26 heavy (non-hydrogen) atoms. The highest BCUT2D eigenvalue weighted by Crippen LogP contribution is 2.18. The smallest absolute Gasteiger partial charge is 0.329 e. The minimum absolute atomic E-state index is 0.171. The first kappa shape index (κ1) is 18.8. The van der Waals surface area contributed by atoms with E-state index in [1.165, 1.54) is 4.57 Å². The molecule has 0 unspecified atom stereocenters. The lowest BCUT2D eigenvalue weighted by Crippen LogP contribution is -2.45. The van der Waals surface area contributed by atoms with Gasteiger partial charge in [-0.2, -0.15) is 0 Å². The van der Waals surface area contributed by atoms with E-state index in [1.54, 1.807) is 7.05 Å². The molecule has 3 heterocycles.